The van der Waals surface area contributed by atoms with Crippen molar-refractivity contribution in [1.82, 2.24) is 5.32 Å². The van der Waals surface area contributed by atoms with Crippen LogP contribution in [-0.2, 0) is 5.60 Å². The van der Waals surface area contributed by atoms with Crippen LogP contribution >= 0.6 is 0 Å². The molecule has 0 saturated heterocycles. The topological polar surface area (TPSA) is 61.4 Å². The maximum Gasteiger partial charge on any atom is 0.319 e. The highest BCUT2D eigenvalue weighted by molar-refractivity contribution is 5.89. The van der Waals surface area contributed by atoms with Gasteiger partial charge in [-0.1, -0.05) is 48.0 Å². The molecule has 1 aliphatic rings. The second-order valence-electron chi connectivity index (χ2n) is 6.24. The van der Waals surface area contributed by atoms with Gasteiger partial charge in [0.05, 0.1) is 6.54 Å². The van der Waals surface area contributed by atoms with Crippen LogP contribution in [0.15, 0.2) is 54.6 Å². The third-order valence-electron chi connectivity index (χ3n) is 4.35. The largest absolute Gasteiger partial charge is 0.383 e. The fourth-order valence-corrected chi connectivity index (χ4v) is 2.80. The van der Waals surface area contributed by atoms with Gasteiger partial charge in [0.2, 0.25) is 0 Å². The smallest absolute Gasteiger partial charge is 0.319 e. The van der Waals surface area contributed by atoms with Crippen molar-refractivity contribution in [1.29, 1.82) is 0 Å². The maximum absolute atomic E-state index is 12.1. The summed E-state index contributed by atoms with van der Waals surface area (Å²) in [5.41, 5.74) is 1.75. The molecule has 0 bridgehead atoms. The molecule has 3 N–H and O–H groups in total. The molecular weight excluding hydrogens is 288 g/mol. The minimum Gasteiger partial charge on any atom is -0.383 e. The highest BCUT2D eigenvalue weighted by Crippen LogP contribution is 2.45. The van der Waals surface area contributed by atoms with E-state index in [1.165, 1.54) is 0 Å². The van der Waals surface area contributed by atoms with Gasteiger partial charge in [0.25, 0.3) is 0 Å². The first kappa shape index (κ1) is 15.6. The molecule has 2 aromatic carbocycles. The first-order valence-corrected chi connectivity index (χ1v) is 7.97. The first-order valence-electron chi connectivity index (χ1n) is 7.97. The number of urea groups is 1. The van der Waals surface area contributed by atoms with Crippen LogP contribution in [0.3, 0.4) is 0 Å². The lowest BCUT2D eigenvalue weighted by atomic mass is 9.89. The molecule has 0 spiro atoms. The number of aryl methyl sites for hydroxylation is 1. The fraction of sp³-hybridized carbons (Fsp3) is 0.316. The Morgan fingerprint density at radius 2 is 1.78 bits per heavy atom. The predicted molar refractivity (Wildman–Crippen MR) is 91.3 cm³/mol. The van der Waals surface area contributed by atoms with Crippen molar-refractivity contribution in [3.8, 4) is 0 Å². The second kappa shape index (κ2) is 6.42. The Kier molecular flexibility index (Phi) is 4.35. The average molecular weight is 310 g/mol. The average Bonchev–Trinajstić information content (AvgIpc) is 3.41. The zero-order valence-electron chi connectivity index (χ0n) is 13.3. The molecule has 1 saturated carbocycles. The summed E-state index contributed by atoms with van der Waals surface area (Å²) in [7, 11) is 0. The number of amides is 2. The van der Waals surface area contributed by atoms with Crippen LogP contribution < -0.4 is 10.6 Å². The van der Waals surface area contributed by atoms with E-state index in [1.807, 2.05) is 61.5 Å². The van der Waals surface area contributed by atoms with Crippen LogP contribution in [0.2, 0.25) is 0 Å². The van der Waals surface area contributed by atoms with E-state index in [9.17, 15) is 9.90 Å². The summed E-state index contributed by atoms with van der Waals surface area (Å²) in [4.78, 5) is 12.1. The summed E-state index contributed by atoms with van der Waals surface area (Å²) in [6.07, 6.45) is 1.99. The van der Waals surface area contributed by atoms with E-state index in [1.54, 1.807) is 0 Å². The van der Waals surface area contributed by atoms with Crippen molar-refractivity contribution in [2.24, 2.45) is 5.92 Å². The van der Waals surface area contributed by atoms with Gasteiger partial charge in [-0.2, -0.15) is 0 Å². The van der Waals surface area contributed by atoms with Crippen LogP contribution in [0.25, 0.3) is 0 Å². The Morgan fingerprint density at radius 3 is 2.39 bits per heavy atom. The van der Waals surface area contributed by atoms with Gasteiger partial charge in [-0.25, -0.2) is 4.79 Å². The predicted octanol–water partition coefficient (Wildman–Crippen LogP) is 3.41. The first-order chi connectivity index (χ1) is 11.1. The zero-order valence-corrected chi connectivity index (χ0v) is 13.3. The SMILES string of the molecule is Cc1ccc(NC(=O)NCC(O)(c2ccccc2)C2CC2)cc1. The number of carbonyl (C=O) groups excluding carboxylic acids is 1. The number of hydrogen-bond donors (Lipinski definition) is 3. The number of carbonyl (C=O) groups is 1. The van der Waals surface area contributed by atoms with E-state index in [0.717, 1.165) is 29.7 Å². The van der Waals surface area contributed by atoms with Crippen LogP contribution in [-0.4, -0.2) is 17.7 Å². The molecule has 0 heterocycles. The summed E-state index contributed by atoms with van der Waals surface area (Å²) < 4.78 is 0. The highest BCUT2D eigenvalue weighted by atomic mass is 16.3. The van der Waals surface area contributed by atoms with Gasteiger partial charge in [-0.05, 0) is 43.4 Å². The van der Waals surface area contributed by atoms with Crippen molar-refractivity contribution >= 4 is 11.7 Å². The Balaban J connectivity index is 1.63. The number of hydrogen-bond acceptors (Lipinski definition) is 2. The van der Waals surface area contributed by atoms with Crippen molar-refractivity contribution < 1.29 is 9.90 Å². The molecule has 1 aliphatic carbocycles. The van der Waals surface area contributed by atoms with Gasteiger partial charge < -0.3 is 15.7 Å². The van der Waals surface area contributed by atoms with E-state index in [2.05, 4.69) is 10.6 Å². The lowest BCUT2D eigenvalue weighted by Crippen LogP contribution is -2.43. The third kappa shape index (κ3) is 3.71. The van der Waals surface area contributed by atoms with E-state index in [-0.39, 0.29) is 18.5 Å². The Labute approximate surface area is 136 Å². The molecule has 4 nitrogen and oxygen atoms in total. The second-order valence-corrected chi connectivity index (χ2v) is 6.24. The van der Waals surface area contributed by atoms with Crippen LogP contribution in [0.5, 0.6) is 0 Å². The van der Waals surface area contributed by atoms with E-state index in [4.69, 9.17) is 0 Å². The molecule has 3 rings (SSSR count). The minimum atomic E-state index is -0.994. The molecule has 120 valence electrons. The number of anilines is 1. The molecule has 1 atom stereocenters. The van der Waals surface area contributed by atoms with E-state index in [0.29, 0.717) is 0 Å². The molecule has 1 unspecified atom stereocenters. The maximum atomic E-state index is 12.1. The summed E-state index contributed by atoms with van der Waals surface area (Å²) in [5.74, 6) is 0.213. The van der Waals surface area contributed by atoms with Crippen LogP contribution in [0, 0.1) is 12.8 Å². The number of benzene rings is 2. The Hall–Kier alpha value is -2.33. The van der Waals surface area contributed by atoms with Crippen molar-refractivity contribution in [2.75, 3.05) is 11.9 Å². The third-order valence-corrected chi connectivity index (χ3v) is 4.35. The summed E-state index contributed by atoms with van der Waals surface area (Å²) in [6, 6.07) is 16.9. The molecule has 23 heavy (non-hydrogen) atoms. The zero-order chi connectivity index (χ0) is 16.3. The van der Waals surface area contributed by atoms with Crippen molar-refractivity contribution in [3.05, 3.63) is 65.7 Å². The molecular formula is C19H22N2O2. The lowest BCUT2D eigenvalue weighted by molar-refractivity contribution is 0.0164. The van der Waals surface area contributed by atoms with Gasteiger partial charge in [-0.15, -0.1) is 0 Å². The molecule has 4 heteroatoms. The van der Waals surface area contributed by atoms with Crippen LogP contribution in [0.4, 0.5) is 10.5 Å². The molecule has 0 aliphatic heterocycles. The number of aliphatic hydroxyl groups is 1. The lowest BCUT2D eigenvalue weighted by Gasteiger charge is -2.29. The van der Waals surface area contributed by atoms with Gasteiger partial charge in [0.1, 0.15) is 5.60 Å². The van der Waals surface area contributed by atoms with Crippen LogP contribution in [0.1, 0.15) is 24.0 Å². The summed E-state index contributed by atoms with van der Waals surface area (Å²) in [5, 5.41) is 16.6. The molecule has 0 aromatic heterocycles. The molecule has 2 amide bonds. The minimum absolute atomic E-state index is 0.208. The Bertz CT molecular complexity index is 666. The highest BCUT2D eigenvalue weighted by Gasteiger charge is 2.45. The van der Waals surface area contributed by atoms with Gasteiger partial charge in [-0.3, -0.25) is 0 Å². The molecule has 2 aromatic rings. The van der Waals surface area contributed by atoms with Crippen molar-refractivity contribution in [2.45, 2.75) is 25.4 Å². The van der Waals surface area contributed by atoms with Gasteiger partial charge in [0.15, 0.2) is 0 Å². The quantitative estimate of drug-likeness (QED) is 0.792. The van der Waals surface area contributed by atoms with Crippen molar-refractivity contribution in [3.63, 3.8) is 0 Å². The van der Waals surface area contributed by atoms with E-state index >= 15 is 0 Å². The molecule has 0 radical (unpaired) electrons. The normalized spacial score (nSPS) is 16.4. The van der Waals surface area contributed by atoms with Gasteiger partial charge in [0, 0.05) is 5.69 Å². The van der Waals surface area contributed by atoms with Gasteiger partial charge >= 0.3 is 6.03 Å². The Morgan fingerprint density at radius 1 is 1.13 bits per heavy atom. The monoisotopic (exact) mass is 310 g/mol. The number of rotatable bonds is 5. The summed E-state index contributed by atoms with van der Waals surface area (Å²) >= 11 is 0. The molecule has 1 fully saturated rings. The van der Waals surface area contributed by atoms with E-state index < -0.39 is 5.60 Å². The standard InChI is InChI=1S/C19H22N2O2/c1-14-7-11-17(12-8-14)21-18(22)20-13-19(23,16-9-10-16)15-5-3-2-4-6-15/h2-8,11-12,16,23H,9-10,13H2,1H3,(H2,20,21,22). The number of nitrogens with one attached hydrogen (secondary N) is 2. The summed E-state index contributed by atoms with van der Waals surface area (Å²) in [6.45, 7) is 2.21. The fourth-order valence-electron chi connectivity index (χ4n) is 2.80.